The summed E-state index contributed by atoms with van der Waals surface area (Å²) in [7, 11) is 0. The first-order valence-electron chi connectivity index (χ1n) is 6.17. The maximum atomic E-state index is 9.84. The third-order valence-electron chi connectivity index (χ3n) is 3.43. The van der Waals surface area contributed by atoms with E-state index in [2.05, 4.69) is 15.0 Å². The van der Waals surface area contributed by atoms with Crippen LogP contribution in [0.5, 0.6) is 0 Å². The van der Waals surface area contributed by atoms with Gasteiger partial charge in [-0.1, -0.05) is 0 Å². The van der Waals surface area contributed by atoms with E-state index in [1.807, 2.05) is 0 Å². The van der Waals surface area contributed by atoms with Crippen molar-refractivity contribution >= 4 is 17.0 Å². The zero-order valence-corrected chi connectivity index (χ0v) is 10.5. The summed E-state index contributed by atoms with van der Waals surface area (Å²) in [5.74, 6) is 0.254. The molecule has 2 aromatic rings. The summed E-state index contributed by atoms with van der Waals surface area (Å²) in [5, 5.41) is 28.7. The van der Waals surface area contributed by atoms with Crippen molar-refractivity contribution in [1.82, 2.24) is 19.5 Å². The lowest BCUT2D eigenvalue weighted by Gasteiger charge is -2.36. The highest BCUT2D eigenvalue weighted by Crippen LogP contribution is 2.30. The summed E-state index contributed by atoms with van der Waals surface area (Å²) in [5.41, 5.74) is 6.62. The van der Waals surface area contributed by atoms with Crippen LogP contribution in [-0.2, 0) is 4.74 Å². The molecule has 0 amide bonds. The minimum absolute atomic E-state index is 0.160. The molecule has 20 heavy (non-hydrogen) atoms. The summed E-state index contributed by atoms with van der Waals surface area (Å²) in [6, 6.07) is 0. The minimum atomic E-state index is -1.12. The smallest absolute Gasteiger partial charge is 0.167 e. The molecule has 0 spiro atoms. The predicted molar refractivity (Wildman–Crippen MR) is 67.4 cm³/mol. The minimum Gasteiger partial charge on any atom is -0.394 e. The van der Waals surface area contributed by atoms with Crippen molar-refractivity contribution in [3.05, 3.63) is 12.7 Å². The number of imidazole rings is 1. The molecule has 4 unspecified atom stereocenters. The van der Waals surface area contributed by atoms with Crippen molar-refractivity contribution in [3.63, 3.8) is 0 Å². The van der Waals surface area contributed by atoms with Gasteiger partial charge in [0.2, 0.25) is 0 Å². The molecule has 5 N–H and O–H groups in total. The Morgan fingerprint density at radius 1 is 1.35 bits per heavy atom. The molecular formula is C11H15N5O4. The normalized spacial score (nSPS) is 30.8. The fourth-order valence-corrected chi connectivity index (χ4v) is 2.34. The van der Waals surface area contributed by atoms with Crippen molar-refractivity contribution in [2.24, 2.45) is 0 Å². The number of aromatic nitrogens is 4. The zero-order chi connectivity index (χ0) is 14.3. The van der Waals surface area contributed by atoms with Gasteiger partial charge in [-0.3, -0.25) is 4.57 Å². The van der Waals surface area contributed by atoms with Crippen LogP contribution in [0.1, 0.15) is 12.6 Å². The number of nitrogens with two attached hydrogens (primary N) is 1. The van der Waals surface area contributed by atoms with Gasteiger partial charge in [0.1, 0.15) is 30.3 Å². The average molecular weight is 281 g/mol. The SMILES string of the molecule is Nc1ncnc2c1ncn2C1CC(O)C(O)C(CO)O1. The molecule has 0 aromatic carbocycles. The monoisotopic (exact) mass is 281 g/mol. The van der Waals surface area contributed by atoms with Gasteiger partial charge in [-0.2, -0.15) is 0 Å². The molecule has 0 radical (unpaired) electrons. The highest BCUT2D eigenvalue weighted by Gasteiger charge is 2.37. The molecule has 1 fully saturated rings. The number of ether oxygens (including phenoxy) is 1. The number of fused-ring (bicyclic) bond motifs is 1. The lowest BCUT2D eigenvalue weighted by Crippen LogP contribution is -2.48. The largest absolute Gasteiger partial charge is 0.394 e. The van der Waals surface area contributed by atoms with Gasteiger partial charge >= 0.3 is 0 Å². The molecule has 0 aliphatic carbocycles. The Bertz CT molecular complexity index is 618. The highest BCUT2D eigenvalue weighted by atomic mass is 16.5. The lowest BCUT2D eigenvalue weighted by molar-refractivity contribution is -0.200. The molecule has 1 aliphatic rings. The van der Waals surface area contributed by atoms with Crippen molar-refractivity contribution in [3.8, 4) is 0 Å². The Labute approximate surface area is 113 Å². The Balaban J connectivity index is 1.97. The lowest BCUT2D eigenvalue weighted by atomic mass is 10.0. The third kappa shape index (κ3) is 2.00. The van der Waals surface area contributed by atoms with Crippen LogP contribution in [0.15, 0.2) is 12.7 Å². The van der Waals surface area contributed by atoms with Crippen LogP contribution in [-0.4, -0.2) is 59.8 Å². The fraction of sp³-hybridized carbons (Fsp3) is 0.545. The summed E-state index contributed by atoms with van der Waals surface area (Å²) in [4.78, 5) is 12.1. The van der Waals surface area contributed by atoms with Crippen molar-refractivity contribution in [2.75, 3.05) is 12.3 Å². The molecule has 1 saturated heterocycles. The van der Waals surface area contributed by atoms with E-state index in [0.717, 1.165) is 0 Å². The molecule has 1 aliphatic heterocycles. The Kier molecular flexibility index (Phi) is 3.26. The van der Waals surface area contributed by atoms with Crippen LogP contribution >= 0.6 is 0 Å². The Hall–Kier alpha value is -1.81. The fourth-order valence-electron chi connectivity index (χ4n) is 2.34. The first-order chi connectivity index (χ1) is 9.61. The van der Waals surface area contributed by atoms with Gasteiger partial charge in [-0.25, -0.2) is 15.0 Å². The Morgan fingerprint density at radius 3 is 2.90 bits per heavy atom. The number of hydrogen-bond donors (Lipinski definition) is 4. The average Bonchev–Trinajstić information content (AvgIpc) is 2.87. The van der Waals surface area contributed by atoms with Crippen molar-refractivity contribution < 1.29 is 20.1 Å². The zero-order valence-electron chi connectivity index (χ0n) is 10.5. The molecule has 0 saturated carbocycles. The number of nitrogen functional groups attached to an aromatic ring is 1. The van der Waals surface area contributed by atoms with E-state index < -0.39 is 31.1 Å². The quantitative estimate of drug-likeness (QED) is 0.516. The van der Waals surface area contributed by atoms with Gasteiger partial charge in [0, 0.05) is 6.42 Å². The van der Waals surface area contributed by atoms with Gasteiger partial charge in [-0.15, -0.1) is 0 Å². The topological polar surface area (TPSA) is 140 Å². The summed E-state index contributed by atoms with van der Waals surface area (Å²) in [6.07, 6.45) is -0.613. The second-order valence-electron chi connectivity index (χ2n) is 4.69. The molecule has 3 heterocycles. The standard InChI is InChI=1S/C11H15N5O4/c12-10-8-11(14-3-13-10)16(4-15-8)7-1-5(18)9(19)6(2-17)20-7/h3-7,9,17-19H,1-2H2,(H2,12,13,14). The predicted octanol–water partition coefficient (Wildman–Crippen LogP) is -1.59. The van der Waals surface area contributed by atoms with Crippen molar-refractivity contribution in [2.45, 2.75) is 31.0 Å². The first-order valence-corrected chi connectivity index (χ1v) is 6.17. The van der Waals surface area contributed by atoms with E-state index in [1.54, 1.807) is 4.57 Å². The van der Waals surface area contributed by atoms with Gasteiger partial charge in [0.25, 0.3) is 0 Å². The number of anilines is 1. The first kappa shape index (κ1) is 13.2. The number of nitrogens with zero attached hydrogens (tertiary/aromatic N) is 4. The van der Waals surface area contributed by atoms with Gasteiger partial charge in [0.15, 0.2) is 11.5 Å². The third-order valence-corrected chi connectivity index (χ3v) is 3.43. The number of aliphatic hydroxyl groups is 3. The van der Waals surface area contributed by atoms with Crippen LogP contribution < -0.4 is 5.73 Å². The number of aliphatic hydroxyl groups excluding tert-OH is 3. The van der Waals surface area contributed by atoms with E-state index in [9.17, 15) is 15.3 Å². The van der Waals surface area contributed by atoms with E-state index in [0.29, 0.717) is 11.2 Å². The van der Waals surface area contributed by atoms with E-state index >= 15 is 0 Å². The Morgan fingerprint density at radius 2 is 2.15 bits per heavy atom. The molecule has 4 atom stereocenters. The van der Waals surface area contributed by atoms with Gasteiger partial charge in [0.05, 0.1) is 19.0 Å². The highest BCUT2D eigenvalue weighted by molar-refractivity contribution is 5.81. The van der Waals surface area contributed by atoms with Gasteiger partial charge in [-0.05, 0) is 0 Å². The molecule has 9 heteroatoms. The maximum Gasteiger partial charge on any atom is 0.167 e. The van der Waals surface area contributed by atoms with Crippen LogP contribution in [0.25, 0.3) is 11.2 Å². The second kappa shape index (κ2) is 4.94. The van der Waals surface area contributed by atoms with E-state index in [1.165, 1.54) is 12.7 Å². The van der Waals surface area contributed by atoms with Gasteiger partial charge < -0.3 is 25.8 Å². The summed E-state index contributed by atoms with van der Waals surface area (Å²) in [6.45, 7) is -0.390. The van der Waals surface area contributed by atoms with Crippen LogP contribution in [0.2, 0.25) is 0 Å². The molecule has 108 valence electrons. The van der Waals surface area contributed by atoms with Crippen LogP contribution in [0, 0.1) is 0 Å². The van der Waals surface area contributed by atoms with E-state index in [-0.39, 0.29) is 12.2 Å². The maximum absolute atomic E-state index is 9.84. The molecular weight excluding hydrogens is 266 g/mol. The van der Waals surface area contributed by atoms with Crippen LogP contribution in [0.3, 0.4) is 0 Å². The molecule has 9 nitrogen and oxygen atoms in total. The molecule has 2 aromatic heterocycles. The van der Waals surface area contributed by atoms with Crippen molar-refractivity contribution in [1.29, 1.82) is 0 Å². The number of rotatable bonds is 2. The summed E-state index contributed by atoms with van der Waals surface area (Å²) >= 11 is 0. The second-order valence-corrected chi connectivity index (χ2v) is 4.69. The molecule has 0 bridgehead atoms. The number of hydrogen-bond acceptors (Lipinski definition) is 8. The van der Waals surface area contributed by atoms with Crippen LogP contribution in [0.4, 0.5) is 5.82 Å². The summed E-state index contributed by atoms with van der Waals surface area (Å²) < 4.78 is 7.17. The molecule has 3 rings (SSSR count). The van der Waals surface area contributed by atoms with E-state index in [4.69, 9.17) is 10.5 Å².